The third-order valence-corrected chi connectivity index (χ3v) is 3.96. The third kappa shape index (κ3) is 4.63. The second-order valence-corrected chi connectivity index (χ2v) is 6.19. The highest BCUT2D eigenvalue weighted by Crippen LogP contribution is 2.29. The van der Waals surface area contributed by atoms with Gasteiger partial charge < -0.3 is 5.73 Å². The van der Waals surface area contributed by atoms with E-state index in [0.717, 1.165) is 31.5 Å². The highest BCUT2D eigenvalue weighted by Gasteiger charge is 2.28. The van der Waals surface area contributed by atoms with Gasteiger partial charge in [0.2, 0.25) is 0 Å². The van der Waals surface area contributed by atoms with Crippen molar-refractivity contribution in [2.45, 2.75) is 52.1 Å². The zero-order valence-corrected chi connectivity index (χ0v) is 12.4. The fourth-order valence-corrected chi connectivity index (χ4v) is 2.58. The van der Waals surface area contributed by atoms with Crippen molar-refractivity contribution in [1.82, 2.24) is 4.90 Å². The van der Waals surface area contributed by atoms with E-state index in [9.17, 15) is 0 Å². The second-order valence-electron chi connectivity index (χ2n) is 6.19. The van der Waals surface area contributed by atoms with E-state index in [-0.39, 0.29) is 0 Å². The van der Waals surface area contributed by atoms with Crippen LogP contribution in [-0.2, 0) is 13.0 Å². The van der Waals surface area contributed by atoms with Crippen LogP contribution in [0.2, 0.25) is 0 Å². The van der Waals surface area contributed by atoms with Crippen molar-refractivity contribution >= 4 is 0 Å². The van der Waals surface area contributed by atoms with E-state index in [2.05, 4.69) is 43.0 Å². The molecule has 0 atom stereocenters. The Hall–Kier alpha value is -0.860. The Bertz CT molecular complexity index is 383. The summed E-state index contributed by atoms with van der Waals surface area (Å²) < 4.78 is 0. The summed E-state index contributed by atoms with van der Waals surface area (Å²) in [4.78, 5) is 2.68. The average molecular weight is 260 g/mol. The SMILES string of the molecule is CC(C)CCN(Cc1ccccc1CCN)C1CC1. The number of hydrogen-bond donors (Lipinski definition) is 1. The molecule has 1 aliphatic rings. The molecular formula is C17H28N2. The number of nitrogens with zero attached hydrogens (tertiary/aromatic N) is 1. The summed E-state index contributed by atoms with van der Waals surface area (Å²) in [5, 5.41) is 0. The van der Waals surface area contributed by atoms with E-state index in [1.807, 2.05) is 0 Å². The standard InChI is InChI=1S/C17H28N2/c1-14(2)10-12-19(17-7-8-17)13-16-6-4-3-5-15(16)9-11-18/h3-6,14,17H,7-13,18H2,1-2H3. The predicted octanol–water partition coefficient (Wildman–Crippen LogP) is 3.20. The molecule has 106 valence electrons. The van der Waals surface area contributed by atoms with Crippen LogP contribution in [0, 0.1) is 5.92 Å². The summed E-state index contributed by atoms with van der Waals surface area (Å²) in [6.07, 6.45) is 5.07. The van der Waals surface area contributed by atoms with Crippen molar-refractivity contribution in [3.8, 4) is 0 Å². The van der Waals surface area contributed by atoms with Gasteiger partial charge in [0.05, 0.1) is 0 Å². The monoisotopic (exact) mass is 260 g/mol. The first-order valence-corrected chi connectivity index (χ1v) is 7.71. The number of nitrogens with two attached hydrogens (primary N) is 1. The first kappa shape index (κ1) is 14.5. The zero-order valence-electron chi connectivity index (χ0n) is 12.4. The Balaban J connectivity index is 1.99. The molecule has 2 rings (SSSR count). The molecule has 0 saturated heterocycles. The number of benzene rings is 1. The van der Waals surface area contributed by atoms with Gasteiger partial charge in [-0.2, -0.15) is 0 Å². The first-order chi connectivity index (χ1) is 9.20. The Labute approximate surface area is 118 Å². The molecule has 1 saturated carbocycles. The van der Waals surface area contributed by atoms with Crippen LogP contribution in [0.15, 0.2) is 24.3 Å². The van der Waals surface area contributed by atoms with Gasteiger partial charge in [0.1, 0.15) is 0 Å². The van der Waals surface area contributed by atoms with E-state index in [0.29, 0.717) is 0 Å². The molecule has 0 aromatic heterocycles. The van der Waals surface area contributed by atoms with E-state index < -0.39 is 0 Å². The van der Waals surface area contributed by atoms with Crippen LogP contribution in [0.25, 0.3) is 0 Å². The van der Waals surface area contributed by atoms with Gasteiger partial charge in [-0.25, -0.2) is 0 Å². The lowest BCUT2D eigenvalue weighted by Gasteiger charge is -2.24. The van der Waals surface area contributed by atoms with E-state index in [1.165, 1.54) is 36.9 Å². The Morgan fingerprint density at radius 3 is 2.47 bits per heavy atom. The molecule has 0 aliphatic heterocycles. The fraction of sp³-hybridized carbons (Fsp3) is 0.647. The van der Waals surface area contributed by atoms with E-state index in [1.54, 1.807) is 0 Å². The normalized spacial score (nSPS) is 15.4. The molecule has 0 spiro atoms. The van der Waals surface area contributed by atoms with Crippen molar-refractivity contribution < 1.29 is 0 Å². The van der Waals surface area contributed by atoms with Gasteiger partial charge in [0, 0.05) is 12.6 Å². The van der Waals surface area contributed by atoms with Crippen LogP contribution in [0.4, 0.5) is 0 Å². The van der Waals surface area contributed by atoms with Gasteiger partial charge in [0.25, 0.3) is 0 Å². The molecule has 2 nitrogen and oxygen atoms in total. The van der Waals surface area contributed by atoms with Crippen LogP contribution in [0.5, 0.6) is 0 Å². The second kappa shape index (κ2) is 7.06. The highest BCUT2D eigenvalue weighted by atomic mass is 15.2. The molecule has 0 unspecified atom stereocenters. The summed E-state index contributed by atoms with van der Waals surface area (Å²) in [5.74, 6) is 0.792. The molecule has 1 aromatic carbocycles. The quantitative estimate of drug-likeness (QED) is 0.778. The molecular weight excluding hydrogens is 232 g/mol. The summed E-state index contributed by atoms with van der Waals surface area (Å²) in [7, 11) is 0. The smallest absolute Gasteiger partial charge is 0.0239 e. The topological polar surface area (TPSA) is 29.3 Å². The fourth-order valence-electron chi connectivity index (χ4n) is 2.58. The van der Waals surface area contributed by atoms with Crippen molar-refractivity contribution in [2.75, 3.05) is 13.1 Å². The van der Waals surface area contributed by atoms with E-state index >= 15 is 0 Å². The first-order valence-electron chi connectivity index (χ1n) is 7.71. The summed E-state index contributed by atoms with van der Waals surface area (Å²) in [5.41, 5.74) is 8.62. The van der Waals surface area contributed by atoms with Crippen LogP contribution in [-0.4, -0.2) is 24.0 Å². The minimum atomic E-state index is 0.742. The van der Waals surface area contributed by atoms with Gasteiger partial charge >= 0.3 is 0 Å². The molecule has 0 heterocycles. The van der Waals surface area contributed by atoms with Gasteiger partial charge in [-0.1, -0.05) is 38.1 Å². The van der Waals surface area contributed by atoms with Gasteiger partial charge in [-0.15, -0.1) is 0 Å². The molecule has 1 aliphatic carbocycles. The number of hydrogen-bond acceptors (Lipinski definition) is 2. The Kier molecular flexibility index (Phi) is 5.41. The molecule has 1 aromatic rings. The molecule has 19 heavy (non-hydrogen) atoms. The Morgan fingerprint density at radius 1 is 1.21 bits per heavy atom. The number of rotatable bonds is 8. The Morgan fingerprint density at radius 2 is 1.89 bits per heavy atom. The lowest BCUT2D eigenvalue weighted by molar-refractivity contribution is 0.239. The van der Waals surface area contributed by atoms with Crippen LogP contribution in [0.1, 0.15) is 44.2 Å². The predicted molar refractivity (Wildman–Crippen MR) is 82.1 cm³/mol. The van der Waals surface area contributed by atoms with Crippen molar-refractivity contribution in [1.29, 1.82) is 0 Å². The molecule has 1 fully saturated rings. The van der Waals surface area contributed by atoms with Crippen molar-refractivity contribution in [3.05, 3.63) is 35.4 Å². The highest BCUT2D eigenvalue weighted by molar-refractivity contribution is 5.27. The largest absolute Gasteiger partial charge is 0.330 e. The van der Waals surface area contributed by atoms with Crippen molar-refractivity contribution in [2.24, 2.45) is 11.7 Å². The summed E-state index contributed by atoms with van der Waals surface area (Å²) in [6.45, 7) is 7.71. The third-order valence-electron chi connectivity index (χ3n) is 3.96. The zero-order chi connectivity index (χ0) is 13.7. The maximum atomic E-state index is 5.72. The molecule has 2 N–H and O–H groups in total. The van der Waals surface area contributed by atoms with Gasteiger partial charge in [-0.3, -0.25) is 4.90 Å². The lowest BCUT2D eigenvalue weighted by Crippen LogP contribution is -2.28. The minimum Gasteiger partial charge on any atom is -0.330 e. The van der Waals surface area contributed by atoms with Crippen LogP contribution in [0.3, 0.4) is 0 Å². The van der Waals surface area contributed by atoms with E-state index in [4.69, 9.17) is 5.73 Å². The maximum Gasteiger partial charge on any atom is 0.0239 e. The van der Waals surface area contributed by atoms with Crippen molar-refractivity contribution in [3.63, 3.8) is 0 Å². The maximum absolute atomic E-state index is 5.72. The summed E-state index contributed by atoms with van der Waals surface area (Å²) >= 11 is 0. The average Bonchev–Trinajstić information content (AvgIpc) is 3.21. The molecule has 2 heteroatoms. The molecule has 0 bridgehead atoms. The van der Waals surface area contributed by atoms with Gasteiger partial charge in [0.15, 0.2) is 0 Å². The van der Waals surface area contributed by atoms with Gasteiger partial charge in [-0.05, 0) is 55.8 Å². The lowest BCUT2D eigenvalue weighted by atomic mass is 10.0. The van der Waals surface area contributed by atoms with Crippen LogP contribution >= 0.6 is 0 Å². The molecule has 0 radical (unpaired) electrons. The minimum absolute atomic E-state index is 0.742. The summed E-state index contributed by atoms with van der Waals surface area (Å²) in [6, 6.07) is 9.63. The van der Waals surface area contributed by atoms with Crippen LogP contribution < -0.4 is 5.73 Å². The molecule has 0 amide bonds.